The second-order valence-corrected chi connectivity index (χ2v) is 6.94. The highest BCUT2D eigenvalue weighted by Crippen LogP contribution is 2.33. The van der Waals surface area contributed by atoms with Crippen molar-refractivity contribution in [2.45, 2.75) is 25.4 Å². The minimum atomic E-state index is -0.807. The summed E-state index contributed by atoms with van der Waals surface area (Å²) in [6.07, 6.45) is 0. The Morgan fingerprint density at radius 3 is 2.63 bits per heavy atom. The van der Waals surface area contributed by atoms with E-state index in [-0.39, 0.29) is 11.6 Å². The summed E-state index contributed by atoms with van der Waals surface area (Å²) in [7, 11) is 2.47. The molecule has 0 saturated carbocycles. The lowest BCUT2D eigenvalue weighted by molar-refractivity contribution is 0.350. The van der Waals surface area contributed by atoms with E-state index in [1.54, 1.807) is 14.2 Å². The number of benzene rings is 1. The molecule has 0 radical (unpaired) electrons. The average molecular weight is 283 g/mol. The van der Waals surface area contributed by atoms with Gasteiger partial charge in [0.1, 0.15) is 11.5 Å². The molecule has 2 unspecified atom stereocenters. The van der Waals surface area contributed by atoms with Crippen LogP contribution in [-0.2, 0) is 10.8 Å². The molecule has 4 nitrogen and oxygen atoms in total. The lowest BCUT2D eigenvalue weighted by Crippen LogP contribution is -2.52. The minimum Gasteiger partial charge on any atom is -0.497 e. The molecule has 0 aliphatic carbocycles. The number of hydrogen-bond acceptors (Lipinski definition) is 4. The van der Waals surface area contributed by atoms with Crippen molar-refractivity contribution in [1.29, 1.82) is 0 Å². The van der Waals surface area contributed by atoms with E-state index in [2.05, 4.69) is 19.2 Å². The summed E-state index contributed by atoms with van der Waals surface area (Å²) >= 11 is 0. The first-order valence-corrected chi connectivity index (χ1v) is 7.78. The van der Waals surface area contributed by atoms with Gasteiger partial charge in [-0.2, -0.15) is 0 Å². The van der Waals surface area contributed by atoms with Crippen molar-refractivity contribution in [3.8, 4) is 11.5 Å². The van der Waals surface area contributed by atoms with Crippen molar-refractivity contribution in [2.75, 3.05) is 25.7 Å². The Labute approximate surface area is 116 Å². The molecule has 1 saturated heterocycles. The van der Waals surface area contributed by atoms with Gasteiger partial charge in [0, 0.05) is 45.5 Å². The Balaban J connectivity index is 2.33. The van der Waals surface area contributed by atoms with Crippen molar-refractivity contribution in [3.63, 3.8) is 0 Å². The van der Waals surface area contributed by atoms with Gasteiger partial charge in [0.25, 0.3) is 0 Å². The van der Waals surface area contributed by atoms with E-state index in [0.717, 1.165) is 17.1 Å². The van der Waals surface area contributed by atoms with E-state index in [0.29, 0.717) is 11.5 Å². The molecule has 0 bridgehead atoms. The molecule has 0 spiro atoms. The normalized spacial score (nSPS) is 25.9. The maximum atomic E-state index is 12.0. The van der Waals surface area contributed by atoms with Crippen LogP contribution in [0, 0.1) is 0 Å². The van der Waals surface area contributed by atoms with E-state index in [4.69, 9.17) is 9.47 Å². The van der Waals surface area contributed by atoms with Gasteiger partial charge in [-0.15, -0.1) is 0 Å². The molecule has 0 amide bonds. The number of rotatable bonds is 3. The summed E-state index contributed by atoms with van der Waals surface area (Å²) in [4.78, 5) is 0. The Kier molecular flexibility index (Phi) is 4.16. The molecule has 106 valence electrons. The molecule has 1 heterocycles. The second kappa shape index (κ2) is 5.51. The topological polar surface area (TPSA) is 47.6 Å². The Morgan fingerprint density at radius 2 is 2.05 bits per heavy atom. The molecule has 19 heavy (non-hydrogen) atoms. The third-order valence-electron chi connectivity index (χ3n) is 3.26. The van der Waals surface area contributed by atoms with Gasteiger partial charge in [-0.3, -0.25) is 4.21 Å². The third-order valence-corrected chi connectivity index (χ3v) is 5.00. The molecule has 1 N–H and O–H groups in total. The minimum absolute atomic E-state index is 0.0467. The monoisotopic (exact) mass is 283 g/mol. The van der Waals surface area contributed by atoms with Gasteiger partial charge in [-0.25, -0.2) is 0 Å². The predicted octanol–water partition coefficient (Wildman–Crippen LogP) is 1.88. The zero-order chi connectivity index (χ0) is 14.0. The largest absolute Gasteiger partial charge is 0.497 e. The summed E-state index contributed by atoms with van der Waals surface area (Å²) in [5.74, 6) is 2.83. The first-order valence-electron chi connectivity index (χ1n) is 6.30. The lowest BCUT2D eigenvalue weighted by atomic mass is 10.0. The molecular formula is C14H21NO3S. The van der Waals surface area contributed by atoms with Crippen molar-refractivity contribution in [1.82, 2.24) is 5.32 Å². The number of ether oxygens (including phenoxy) is 2. The second-order valence-electron chi connectivity index (χ2n) is 5.44. The smallest absolute Gasteiger partial charge is 0.127 e. The van der Waals surface area contributed by atoms with Crippen LogP contribution in [0.4, 0.5) is 0 Å². The molecule has 1 aromatic carbocycles. The molecule has 1 aliphatic heterocycles. The first-order chi connectivity index (χ1) is 8.95. The molecule has 2 rings (SSSR count). The van der Waals surface area contributed by atoms with Gasteiger partial charge in [0.2, 0.25) is 0 Å². The Morgan fingerprint density at radius 1 is 1.32 bits per heavy atom. The molecule has 0 aromatic heterocycles. The van der Waals surface area contributed by atoms with Crippen LogP contribution in [-0.4, -0.2) is 35.5 Å². The van der Waals surface area contributed by atoms with Crippen molar-refractivity contribution >= 4 is 10.8 Å². The van der Waals surface area contributed by atoms with Gasteiger partial charge in [0.05, 0.1) is 14.2 Å². The van der Waals surface area contributed by atoms with Crippen LogP contribution in [0.15, 0.2) is 18.2 Å². The quantitative estimate of drug-likeness (QED) is 0.920. The fourth-order valence-electron chi connectivity index (χ4n) is 2.48. The van der Waals surface area contributed by atoms with Crippen LogP contribution in [0.2, 0.25) is 0 Å². The zero-order valence-corrected chi connectivity index (χ0v) is 12.7. The fourth-order valence-corrected chi connectivity index (χ4v) is 4.12. The van der Waals surface area contributed by atoms with E-state index in [9.17, 15) is 4.21 Å². The number of methoxy groups -OCH3 is 2. The molecule has 5 heteroatoms. The van der Waals surface area contributed by atoms with Gasteiger partial charge < -0.3 is 14.8 Å². The standard InChI is InChI=1S/C14H21NO3S/c1-14(2)9-19(16)8-12(15-14)11-6-5-10(17-3)7-13(11)18-4/h5-7,12,15H,8-9H2,1-4H3. The van der Waals surface area contributed by atoms with Crippen LogP contribution in [0.25, 0.3) is 0 Å². The fraction of sp³-hybridized carbons (Fsp3) is 0.571. The van der Waals surface area contributed by atoms with Crippen LogP contribution in [0.1, 0.15) is 25.5 Å². The SMILES string of the molecule is COc1ccc(C2CS(=O)CC(C)(C)N2)c(OC)c1. The van der Waals surface area contributed by atoms with Crippen LogP contribution >= 0.6 is 0 Å². The van der Waals surface area contributed by atoms with Crippen molar-refractivity contribution < 1.29 is 13.7 Å². The molecule has 2 atom stereocenters. The highest BCUT2D eigenvalue weighted by Gasteiger charge is 2.33. The van der Waals surface area contributed by atoms with Gasteiger partial charge in [-0.1, -0.05) is 6.07 Å². The third kappa shape index (κ3) is 3.28. The molecule has 1 fully saturated rings. The van der Waals surface area contributed by atoms with Crippen molar-refractivity contribution in [3.05, 3.63) is 23.8 Å². The Bertz CT molecular complexity index is 488. The number of nitrogens with one attached hydrogen (secondary N) is 1. The van der Waals surface area contributed by atoms with Gasteiger partial charge in [-0.05, 0) is 19.9 Å². The lowest BCUT2D eigenvalue weighted by Gasteiger charge is -2.37. The summed E-state index contributed by atoms with van der Waals surface area (Å²) in [5, 5.41) is 3.54. The maximum absolute atomic E-state index is 12.0. The zero-order valence-electron chi connectivity index (χ0n) is 11.9. The van der Waals surface area contributed by atoms with Gasteiger partial charge in [0.15, 0.2) is 0 Å². The highest BCUT2D eigenvalue weighted by atomic mass is 32.2. The summed E-state index contributed by atoms with van der Waals surface area (Å²) in [6.45, 7) is 4.15. The van der Waals surface area contributed by atoms with E-state index in [1.807, 2.05) is 18.2 Å². The van der Waals surface area contributed by atoms with E-state index >= 15 is 0 Å². The first kappa shape index (κ1) is 14.3. The highest BCUT2D eigenvalue weighted by molar-refractivity contribution is 7.85. The Hall–Kier alpha value is -1.07. The van der Waals surface area contributed by atoms with E-state index in [1.165, 1.54) is 0 Å². The summed E-state index contributed by atoms with van der Waals surface area (Å²) in [5.41, 5.74) is 0.906. The van der Waals surface area contributed by atoms with Gasteiger partial charge >= 0.3 is 0 Å². The van der Waals surface area contributed by atoms with Crippen LogP contribution in [0.5, 0.6) is 11.5 Å². The number of hydrogen-bond donors (Lipinski definition) is 1. The van der Waals surface area contributed by atoms with E-state index < -0.39 is 10.8 Å². The molecule has 1 aliphatic rings. The maximum Gasteiger partial charge on any atom is 0.127 e. The van der Waals surface area contributed by atoms with Crippen LogP contribution < -0.4 is 14.8 Å². The molecular weight excluding hydrogens is 262 g/mol. The average Bonchev–Trinajstić information content (AvgIpc) is 2.35. The summed E-state index contributed by atoms with van der Waals surface area (Å²) < 4.78 is 22.6. The van der Waals surface area contributed by atoms with Crippen LogP contribution in [0.3, 0.4) is 0 Å². The van der Waals surface area contributed by atoms with Crippen molar-refractivity contribution in [2.24, 2.45) is 0 Å². The molecule has 1 aromatic rings. The predicted molar refractivity (Wildman–Crippen MR) is 77.4 cm³/mol. The summed E-state index contributed by atoms with van der Waals surface area (Å²) in [6, 6.07) is 5.80.